The number of anilines is 1. The van der Waals surface area contributed by atoms with Gasteiger partial charge in [-0.2, -0.15) is 5.10 Å². The maximum absolute atomic E-state index is 14.4. The summed E-state index contributed by atoms with van der Waals surface area (Å²) in [6, 6.07) is 21.0. The molecule has 3 aromatic carbocycles. The highest BCUT2D eigenvalue weighted by molar-refractivity contribution is 7.07. The molecule has 11 heteroatoms. The molecular weight excluding hydrogens is 531 g/mol. The number of aromatic nitrogens is 3. The summed E-state index contributed by atoms with van der Waals surface area (Å²) >= 11 is 1.28. The number of carbonyl (C=O) groups excluding carboxylic acids is 1. The zero-order valence-electron chi connectivity index (χ0n) is 21.5. The summed E-state index contributed by atoms with van der Waals surface area (Å²) in [5, 5.41) is 9.24. The van der Waals surface area contributed by atoms with Crippen molar-refractivity contribution in [3.63, 3.8) is 0 Å². The summed E-state index contributed by atoms with van der Waals surface area (Å²) in [6.45, 7) is 1.78. The Kier molecular flexibility index (Phi) is 6.48. The van der Waals surface area contributed by atoms with Crippen LogP contribution in [-0.4, -0.2) is 32.8 Å². The van der Waals surface area contributed by atoms with Gasteiger partial charge in [0, 0.05) is 23.6 Å². The van der Waals surface area contributed by atoms with Gasteiger partial charge in [0.15, 0.2) is 12.3 Å². The monoisotopic (exact) mass is 554 g/mol. The first kappa shape index (κ1) is 25.3. The van der Waals surface area contributed by atoms with Crippen molar-refractivity contribution in [3.8, 4) is 22.7 Å². The number of nitrogens with one attached hydrogen (secondary N) is 1. The van der Waals surface area contributed by atoms with Crippen molar-refractivity contribution in [2.24, 2.45) is 17.1 Å². The second-order valence-electron chi connectivity index (χ2n) is 9.05. The lowest BCUT2D eigenvalue weighted by atomic mass is 10.1. The van der Waals surface area contributed by atoms with Crippen molar-refractivity contribution in [2.75, 3.05) is 11.9 Å². The fraction of sp³-hybridized carbons (Fsp3) is 0.103. The Bertz CT molecular complexity index is 1920. The van der Waals surface area contributed by atoms with Gasteiger partial charge in [-0.15, -0.1) is 11.3 Å². The fourth-order valence-electron chi connectivity index (χ4n) is 4.41. The molecule has 0 spiro atoms. The SMILES string of the molecule is Cc1c(N=c2scc(-c3ccc4c(c3)NC(=O)CO4)n2N=Cc2ccccc2F)c(=O)n(-c2ccccc2)n1C. The highest BCUT2D eigenvalue weighted by atomic mass is 32.1. The van der Waals surface area contributed by atoms with Crippen molar-refractivity contribution in [1.29, 1.82) is 0 Å². The van der Waals surface area contributed by atoms with Crippen LogP contribution in [0.2, 0.25) is 0 Å². The molecule has 0 bridgehead atoms. The number of hydrogen-bond donors (Lipinski definition) is 1. The summed E-state index contributed by atoms with van der Waals surface area (Å²) in [6.07, 6.45) is 1.41. The number of rotatable bonds is 5. The predicted molar refractivity (Wildman–Crippen MR) is 152 cm³/mol. The van der Waals surface area contributed by atoms with E-state index in [1.807, 2.05) is 48.7 Å². The third kappa shape index (κ3) is 4.56. The second kappa shape index (κ2) is 10.3. The molecule has 9 nitrogen and oxygen atoms in total. The molecule has 5 aromatic rings. The molecule has 1 amide bonds. The number of benzene rings is 3. The predicted octanol–water partition coefficient (Wildman–Crippen LogP) is 4.60. The fourth-order valence-corrected chi connectivity index (χ4v) is 5.25. The van der Waals surface area contributed by atoms with E-state index in [1.54, 1.807) is 51.4 Å². The third-order valence-electron chi connectivity index (χ3n) is 6.54. The number of ether oxygens (including phenoxy) is 1. The van der Waals surface area contributed by atoms with Gasteiger partial charge in [0.2, 0.25) is 4.80 Å². The zero-order chi connectivity index (χ0) is 27.8. The molecule has 1 aliphatic rings. The second-order valence-corrected chi connectivity index (χ2v) is 9.89. The third-order valence-corrected chi connectivity index (χ3v) is 7.36. The number of para-hydroxylation sites is 1. The van der Waals surface area contributed by atoms with Crippen LogP contribution in [0.5, 0.6) is 5.75 Å². The van der Waals surface area contributed by atoms with E-state index < -0.39 is 5.82 Å². The molecule has 0 unspecified atom stereocenters. The minimum absolute atomic E-state index is 0.0440. The Morgan fingerprint density at radius 3 is 2.62 bits per heavy atom. The molecule has 0 fully saturated rings. The lowest BCUT2D eigenvalue weighted by molar-refractivity contribution is -0.118. The molecule has 1 N–H and O–H groups in total. The minimum atomic E-state index is -0.416. The van der Waals surface area contributed by atoms with E-state index >= 15 is 0 Å². The first-order valence-corrected chi connectivity index (χ1v) is 13.2. The van der Waals surface area contributed by atoms with Gasteiger partial charge in [-0.05, 0) is 43.3 Å². The van der Waals surface area contributed by atoms with Gasteiger partial charge in [0.25, 0.3) is 11.5 Å². The topological polar surface area (TPSA) is 94.9 Å². The Morgan fingerprint density at radius 2 is 1.82 bits per heavy atom. The summed E-state index contributed by atoms with van der Waals surface area (Å²) in [5.41, 5.74) is 3.56. The smallest absolute Gasteiger partial charge is 0.297 e. The molecule has 0 aliphatic carbocycles. The van der Waals surface area contributed by atoms with Crippen LogP contribution in [-0.2, 0) is 11.8 Å². The van der Waals surface area contributed by atoms with E-state index in [0.717, 1.165) is 11.3 Å². The molecule has 0 radical (unpaired) electrons. The van der Waals surface area contributed by atoms with Gasteiger partial charge in [0.1, 0.15) is 11.6 Å². The number of amides is 1. The highest BCUT2D eigenvalue weighted by Gasteiger charge is 2.19. The summed E-state index contributed by atoms with van der Waals surface area (Å²) in [4.78, 5) is 30.6. The average Bonchev–Trinajstić information content (AvgIpc) is 3.46. The Hall–Kier alpha value is -5.03. The number of thiazole rings is 1. The average molecular weight is 555 g/mol. The van der Waals surface area contributed by atoms with E-state index in [4.69, 9.17) is 9.73 Å². The number of carbonyl (C=O) groups is 1. The van der Waals surface area contributed by atoms with E-state index in [0.29, 0.717) is 33.2 Å². The molecule has 1 aliphatic heterocycles. The number of fused-ring (bicyclic) bond motifs is 1. The summed E-state index contributed by atoms with van der Waals surface area (Å²) in [5.74, 6) is -0.1000. The molecule has 200 valence electrons. The van der Waals surface area contributed by atoms with Gasteiger partial charge in [0.05, 0.1) is 29.0 Å². The van der Waals surface area contributed by atoms with Crippen molar-refractivity contribution < 1.29 is 13.9 Å². The maximum atomic E-state index is 14.4. The highest BCUT2D eigenvalue weighted by Crippen LogP contribution is 2.33. The van der Waals surface area contributed by atoms with Crippen LogP contribution in [0.15, 0.2) is 93.1 Å². The molecule has 0 atom stereocenters. The van der Waals surface area contributed by atoms with E-state index in [9.17, 15) is 14.0 Å². The Morgan fingerprint density at radius 1 is 1.05 bits per heavy atom. The van der Waals surface area contributed by atoms with Gasteiger partial charge < -0.3 is 10.1 Å². The standard InChI is InChI=1S/C29H23FN6O3S/c1-18-27(28(38)36(34(18)2)21-9-4-3-5-10-21)33-29-35(31-15-20-8-6-7-11-22(20)30)24(17-40-29)19-12-13-25-23(14-19)32-26(37)16-39-25/h3-15,17H,16H2,1-2H3,(H,32,37). The molecular formula is C29H23FN6O3S. The van der Waals surface area contributed by atoms with Crippen molar-refractivity contribution in [3.05, 3.63) is 110 Å². The van der Waals surface area contributed by atoms with Gasteiger partial charge in [-0.3, -0.25) is 14.3 Å². The molecule has 0 saturated heterocycles. The normalized spacial score (nSPS) is 13.4. The van der Waals surface area contributed by atoms with E-state index in [2.05, 4.69) is 10.4 Å². The molecule has 0 saturated carbocycles. The van der Waals surface area contributed by atoms with Crippen LogP contribution in [0, 0.1) is 12.7 Å². The molecule has 3 heterocycles. The number of halogens is 1. The molecule has 40 heavy (non-hydrogen) atoms. The van der Waals surface area contributed by atoms with Crippen LogP contribution in [0.25, 0.3) is 16.9 Å². The maximum Gasteiger partial charge on any atom is 0.297 e. The van der Waals surface area contributed by atoms with Crippen LogP contribution < -0.4 is 20.4 Å². The first-order valence-electron chi connectivity index (χ1n) is 12.4. The Labute approximate surface area is 231 Å². The molecule has 6 rings (SSSR count). The lowest BCUT2D eigenvalue weighted by Gasteiger charge is -2.18. The summed E-state index contributed by atoms with van der Waals surface area (Å²) < 4.78 is 24.8. The van der Waals surface area contributed by atoms with Crippen LogP contribution in [0.1, 0.15) is 11.3 Å². The quantitative estimate of drug-likeness (QED) is 0.322. The van der Waals surface area contributed by atoms with Gasteiger partial charge in [-0.25, -0.2) is 18.7 Å². The molecule has 2 aromatic heterocycles. The first-order chi connectivity index (χ1) is 19.4. The van der Waals surface area contributed by atoms with E-state index in [1.165, 1.54) is 23.6 Å². The number of nitrogens with zero attached hydrogens (tertiary/aromatic N) is 5. The van der Waals surface area contributed by atoms with Crippen molar-refractivity contribution in [1.82, 2.24) is 14.0 Å². The largest absolute Gasteiger partial charge is 0.482 e. The van der Waals surface area contributed by atoms with E-state index in [-0.39, 0.29) is 23.8 Å². The van der Waals surface area contributed by atoms with Crippen LogP contribution in [0.3, 0.4) is 0 Å². The number of hydrogen-bond acceptors (Lipinski definition) is 6. The lowest BCUT2D eigenvalue weighted by Crippen LogP contribution is -2.25. The van der Waals surface area contributed by atoms with Crippen LogP contribution >= 0.6 is 11.3 Å². The van der Waals surface area contributed by atoms with Gasteiger partial charge >= 0.3 is 0 Å². The van der Waals surface area contributed by atoms with Crippen molar-refractivity contribution in [2.45, 2.75) is 6.92 Å². The van der Waals surface area contributed by atoms with Crippen LogP contribution in [0.4, 0.5) is 15.8 Å². The zero-order valence-corrected chi connectivity index (χ0v) is 22.4. The minimum Gasteiger partial charge on any atom is -0.482 e. The van der Waals surface area contributed by atoms with Gasteiger partial charge in [-0.1, -0.05) is 36.4 Å². The van der Waals surface area contributed by atoms with Crippen molar-refractivity contribution >= 4 is 34.8 Å². The summed E-state index contributed by atoms with van der Waals surface area (Å²) in [7, 11) is 1.80. The Balaban J connectivity index is 1.53.